The highest BCUT2D eigenvalue weighted by Crippen LogP contribution is 2.39. The molecule has 1 aliphatic carbocycles. The zero-order valence-corrected chi connectivity index (χ0v) is 15.3. The van der Waals surface area contributed by atoms with Gasteiger partial charge in [0.1, 0.15) is 22.7 Å². The minimum Gasteiger partial charge on any atom is -0.452 e. The van der Waals surface area contributed by atoms with Crippen molar-refractivity contribution in [2.75, 3.05) is 11.9 Å². The fourth-order valence-electron chi connectivity index (χ4n) is 2.98. The van der Waals surface area contributed by atoms with Gasteiger partial charge in [-0.25, -0.2) is 13.6 Å². The number of hydrogen-bond acceptors (Lipinski definition) is 5. The molecule has 0 bridgehead atoms. The maximum atomic E-state index is 13.6. The summed E-state index contributed by atoms with van der Waals surface area (Å²) in [7, 11) is 0. The molecule has 0 radical (unpaired) electrons. The predicted molar refractivity (Wildman–Crippen MR) is 95.5 cm³/mol. The molecule has 8 heteroatoms. The number of hydrogen-bond donors (Lipinski definition) is 1. The number of esters is 1. The van der Waals surface area contributed by atoms with Crippen LogP contribution in [0.2, 0.25) is 0 Å². The van der Waals surface area contributed by atoms with E-state index in [1.807, 2.05) is 0 Å². The second-order valence-electron chi connectivity index (χ2n) is 6.42. The molecule has 3 rings (SSSR count). The number of nitriles is 1. The summed E-state index contributed by atoms with van der Waals surface area (Å²) in [6.07, 6.45) is 2.65. The number of carbonyl (C=O) groups is 2. The van der Waals surface area contributed by atoms with Crippen LogP contribution >= 0.6 is 11.3 Å². The van der Waals surface area contributed by atoms with E-state index < -0.39 is 35.7 Å². The SMILES string of the molecule is C[C@H]1CCc2c(sc(NC(=O)COC(=O)c3ccc(F)cc3F)c2C#N)C1. The molecule has 27 heavy (non-hydrogen) atoms. The number of nitrogens with zero attached hydrogens (tertiary/aromatic N) is 1. The van der Waals surface area contributed by atoms with Gasteiger partial charge in [-0.2, -0.15) is 5.26 Å². The van der Waals surface area contributed by atoms with Crippen molar-refractivity contribution in [3.63, 3.8) is 0 Å². The van der Waals surface area contributed by atoms with Crippen molar-refractivity contribution in [2.45, 2.75) is 26.2 Å². The highest BCUT2D eigenvalue weighted by molar-refractivity contribution is 7.16. The van der Waals surface area contributed by atoms with E-state index in [9.17, 15) is 23.6 Å². The smallest absolute Gasteiger partial charge is 0.341 e. The summed E-state index contributed by atoms with van der Waals surface area (Å²) in [6, 6.07) is 4.57. The summed E-state index contributed by atoms with van der Waals surface area (Å²) in [5.74, 6) is -3.05. The van der Waals surface area contributed by atoms with E-state index in [0.29, 0.717) is 22.5 Å². The third-order valence-electron chi connectivity index (χ3n) is 4.36. The normalized spacial score (nSPS) is 15.6. The van der Waals surface area contributed by atoms with Crippen molar-refractivity contribution in [3.8, 4) is 6.07 Å². The van der Waals surface area contributed by atoms with Crippen LogP contribution in [0.25, 0.3) is 0 Å². The molecule has 2 aromatic rings. The Hall–Kier alpha value is -2.79. The highest BCUT2D eigenvalue weighted by atomic mass is 32.1. The van der Waals surface area contributed by atoms with E-state index in [0.717, 1.165) is 41.8 Å². The molecule has 0 saturated carbocycles. The molecular formula is C19H16F2N2O3S. The number of nitrogens with one attached hydrogen (secondary N) is 1. The molecule has 140 valence electrons. The number of fused-ring (bicyclic) bond motifs is 1. The molecule has 1 aliphatic rings. The van der Waals surface area contributed by atoms with Gasteiger partial charge in [-0.3, -0.25) is 4.79 Å². The van der Waals surface area contributed by atoms with Gasteiger partial charge in [0, 0.05) is 10.9 Å². The Morgan fingerprint density at radius 3 is 2.89 bits per heavy atom. The first kappa shape index (κ1) is 19.0. The zero-order chi connectivity index (χ0) is 19.6. The Labute approximate surface area is 158 Å². The molecule has 0 unspecified atom stereocenters. The molecule has 5 nitrogen and oxygen atoms in total. The van der Waals surface area contributed by atoms with Gasteiger partial charge < -0.3 is 10.1 Å². The van der Waals surface area contributed by atoms with Gasteiger partial charge in [0.25, 0.3) is 5.91 Å². The first-order valence-corrected chi connectivity index (χ1v) is 9.17. The summed E-state index contributed by atoms with van der Waals surface area (Å²) < 4.78 is 31.2. The summed E-state index contributed by atoms with van der Waals surface area (Å²) >= 11 is 1.36. The second kappa shape index (κ2) is 7.84. The van der Waals surface area contributed by atoms with Gasteiger partial charge in [0.15, 0.2) is 6.61 Å². The third-order valence-corrected chi connectivity index (χ3v) is 5.53. The van der Waals surface area contributed by atoms with Crippen molar-refractivity contribution < 1.29 is 23.1 Å². The molecule has 1 amide bonds. The number of ether oxygens (including phenoxy) is 1. The van der Waals surface area contributed by atoms with Gasteiger partial charge >= 0.3 is 5.97 Å². The third kappa shape index (κ3) is 4.14. The Kier molecular flexibility index (Phi) is 5.51. The minimum absolute atomic E-state index is 0.436. The van der Waals surface area contributed by atoms with Crippen LogP contribution < -0.4 is 5.32 Å². The molecule has 1 heterocycles. The van der Waals surface area contributed by atoms with Gasteiger partial charge in [-0.05, 0) is 42.9 Å². The molecule has 1 N–H and O–H groups in total. The molecule has 0 aliphatic heterocycles. The summed E-state index contributed by atoms with van der Waals surface area (Å²) in [4.78, 5) is 25.0. The Balaban J connectivity index is 1.65. The minimum atomic E-state index is -1.07. The molecular weight excluding hydrogens is 374 g/mol. The van der Waals surface area contributed by atoms with Crippen LogP contribution in [0.3, 0.4) is 0 Å². The Bertz CT molecular complexity index is 949. The van der Waals surface area contributed by atoms with E-state index in [2.05, 4.69) is 18.3 Å². The van der Waals surface area contributed by atoms with Gasteiger partial charge in [0.2, 0.25) is 0 Å². The van der Waals surface area contributed by atoms with Crippen LogP contribution in [-0.2, 0) is 22.4 Å². The molecule has 1 aromatic heterocycles. The van der Waals surface area contributed by atoms with Crippen molar-refractivity contribution in [1.29, 1.82) is 5.26 Å². The average Bonchev–Trinajstić information content (AvgIpc) is 2.95. The molecule has 1 aromatic carbocycles. The lowest BCUT2D eigenvalue weighted by Crippen LogP contribution is -2.21. The van der Waals surface area contributed by atoms with Crippen LogP contribution in [0.4, 0.5) is 13.8 Å². The van der Waals surface area contributed by atoms with Crippen molar-refractivity contribution in [2.24, 2.45) is 5.92 Å². The van der Waals surface area contributed by atoms with Crippen LogP contribution in [0.5, 0.6) is 0 Å². The van der Waals surface area contributed by atoms with E-state index in [1.165, 1.54) is 11.3 Å². The number of anilines is 1. The topological polar surface area (TPSA) is 79.2 Å². The lowest BCUT2D eigenvalue weighted by atomic mass is 9.89. The lowest BCUT2D eigenvalue weighted by Gasteiger charge is -2.17. The molecule has 0 spiro atoms. The van der Waals surface area contributed by atoms with E-state index in [-0.39, 0.29) is 0 Å². The van der Waals surface area contributed by atoms with Gasteiger partial charge in [-0.1, -0.05) is 6.92 Å². The quantitative estimate of drug-likeness (QED) is 0.805. The summed E-state index contributed by atoms with van der Waals surface area (Å²) in [5, 5.41) is 12.4. The molecule has 0 saturated heterocycles. The number of rotatable bonds is 4. The number of amides is 1. The largest absolute Gasteiger partial charge is 0.452 e. The van der Waals surface area contributed by atoms with Crippen LogP contribution in [0.15, 0.2) is 18.2 Å². The predicted octanol–water partition coefficient (Wildman–Crippen LogP) is 3.82. The van der Waals surface area contributed by atoms with Crippen molar-refractivity contribution in [1.82, 2.24) is 0 Å². The number of benzene rings is 1. The Morgan fingerprint density at radius 1 is 1.41 bits per heavy atom. The molecule has 0 fully saturated rings. The first-order chi connectivity index (χ1) is 12.9. The zero-order valence-electron chi connectivity index (χ0n) is 14.5. The van der Waals surface area contributed by atoms with Crippen LogP contribution in [0, 0.1) is 28.9 Å². The van der Waals surface area contributed by atoms with Gasteiger partial charge in [0.05, 0.1) is 11.1 Å². The van der Waals surface area contributed by atoms with E-state index in [1.54, 1.807) is 0 Å². The second-order valence-corrected chi connectivity index (χ2v) is 7.52. The summed E-state index contributed by atoms with van der Waals surface area (Å²) in [6.45, 7) is 1.50. The maximum absolute atomic E-state index is 13.6. The fourth-order valence-corrected chi connectivity index (χ4v) is 4.36. The van der Waals surface area contributed by atoms with Crippen molar-refractivity contribution in [3.05, 3.63) is 51.4 Å². The maximum Gasteiger partial charge on any atom is 0.341 e. The standard InChI is InChI=1S/C19H16F2N2O3S/c1-10-2-4-12-14(8-22)18(27-16(12)6-10)23-17(24)9-26-19(25)13-5-3-11(20)7-15(13)21/h3,5,7,10H,2,4,6,9H2,1H3,(H,23,24)/t10-/m0/s1. The molecule has 1 atom stereocenters. The Morgan fingerprint density at radius 2 is 2.19 bits per heavy atom. The van der Waals surface area contributed by atoms with Crippen molar-refractivity contribution >= 4 is 28.2 Å². The van der Waals surface area contributed by atoms with Gasteiger partial charge in [-0.15, -0.1) is 11.3 Å². The van der Waals surface area contributed by atoms with Crippen LogP contribution in [-0.4, -0.2) is 18.5 Å². The van der Waals surface area contributed by atoms with E-state index in [4.69, 9.17) is 4.74 Å². The number of thiophene rings is 1. The first-order valence-electron chi connectivity index (χ1n) is 8.35. The highest BCUT2D eigenvalue weighted by Gasteiger charge is 2.25. The monoisotopic (exact) mass is 390 g/mol. The number of halogens is 2. The lowest BCUT2D eigenvalue weighted by molar-refractivity contribution is -0.119. The number of carbonyl (C=O) groups excluding carboxylic acids is 2. The average molecular weight is 390 g/mol. The summed E-state index contributed by atoms with van der Waals surface area (Å²) in [5.41, 5.74) is 0.968. The van der Waals surface area contributed by atoms with Crippen LogP contribution in [0.1, 0.15) is 39.7 Å². The van der Waals surface area contributed by atoms with E-state index >= 15 is 0 Å². The fraction of sp³-hybridized carbons (Fsp3) is 0.316.